The van der Waals surface area contributed by atoms with E-state index in [2.05, 4.69) is 5.32 Å². The molecule has 0 aliphatic carbocycles. The van der Waals surface area contributed by atoms with Crippen LogP contribution in [0.3, 0.4) is 0 Å². The summed E-state index contributed by atoms with van der Waals surface area (Å²) in [7, 11) is 0. The Morgan fingerprint density at radius 2 is 1.50 bits per heavy atom. The van der Waals surface area contributed by atoms with Gasteiger partial charge >= 0.3 is 6.18 Å². The highest BCUT2D eigenvalue weighted by molar-refractivity contribution is 5.26. The second-order valence-corrected chi connectivity index (χ2v) is 5.00. The quantitative estimate of drug-likeness (QED) is 0.677. The van der Waals surface area contributed by atoms with Crippen molar-refractivity contribution in [2.45, 2.75) is 18.6 Å². The number of halogens is 7. The molecule has 1 N–H and O–H groups in total. The van der Waals surface area contributed by atoms with Crippen LogP contribution in [0.1, 0.15) is 18.0 Å². The van der Waals surface area contributed by atoms with E-state index in [1.807, 2.05) is 0 Å². The molecule has 2 nitrogen and oxygen atoms in total. The maximum absolute atomic E-state index is 13.8. The Labute approximate surface area is 121 Å². The fraction of sp³-hybridized carbons (Fsp3) is 0.538. The van der Waals surface area contributed by atoms with Gasteiger partial charge in [0.2, 0.25) is 0 Å². The van der Waals surface area contributed by atoms with Crippen molar-refractivity contribution in [3.63, 3.8) is 0 Å². The number of nitrogens with one attached hydrogen (secondary N) is 1. The van der Waals surface area contributed by atoms with Crippen LogP contribution in [0.5, 0.6) is 0 Å². The van der Waals surface area contributed by atoms with Crippen molar-refractivity contribution in [2.24, 2.45) is 0 Å². The molecule has 0 bridgehead atoms. The zero-order valence-electron chi connectivity index (χ0n) is 11.3. The van der Waals surface area contributed by atoms with Gasteiger partial charge in [0.1, 0.15) is 0 Å². The zero-order chi connectivity index (χ0) is 16.5. The lowest BCUT2D eigenvalue weighted by molar-refractivity contribution is -0.149. The van der Waals surface area contributed by atoms with Gasteiger partial charge in [-0.2, -0.15) is 13.2 Å². The van der Waals surface area contributed by atoms with E-state index in [1.165, 1.54) is 4.90 Å². The van der Waals surface area contributed by atoms with E-state index in [4.69, 9.17) is 0 Å². The molecule has 124 valence electrons. The molecule has 0 amide bonds. The van der Waals surface area contributed by atoms with E-state index in [-0.39, 0.29) is 19.2 Å². The molecular weight excluding hydrogens is 317 g/mol. The van der Waals surface area contributed by atoms with Crippen LogP contribution in [0.25, 0.3) is 0 Å². The molecule has 0 unspecified atom stereocenters. The average molecular weight is 330 g/mol. The summed E-state index contributed by atoms with van der Waals surface area (Å²) < 4.78 is 92.4. The molecule has 1 aliphatic rings. The summed E-state index contributed by atoms with van der Waals surface area (Å²) in [5.74, 6) is -6.99. The number of hydrogen-bond donors (Lipinski definition) is 1. The molecule has 0 spiro atoms. The first-order chi connectivity index (χ1) is 10.2. The summed E-state index contributed by atoms with van der Waals surface area (Å²) in [4.78, 5) is 1.17. The zero-order valence-corrected chi connectivity index (χ0v) is 11.3. The van der Waals surface area contributed by atoms with E-state index < -0.39 is 47.5 Å². The highest BCUT2D eigenvalue weighted by Crippen LogP contribution is 2.37. The van der Waals surface area contributed by atoms with Gasteiger partial charge in [0, 0.05) is 43.9 Å². The Morgan fingerprint density at radius 1 is 1.00 bits per heavy atom. The molecule has 1 aliphatic heterocycles. The average Bonchev–Trinajstić information content (AvgIpc) is 2.44. The normalized spacial score (nSPS) is 18.5. The minimum Gasteiger partial charge on any atom is -0.314 e. The maximum Gasteiger partial charge on any atom is 0.390 e. The van der Waals surface area contributed by atoms with E-state index in [1.54, 1.807) is 0 Å². The van der Waals surface area contributed by atoms with Crippen LogP contribution in [0.4, 0.5) is 30.7 Å². The topological polar surface area (TPSA) is 15.3 Å². The molecule has 1 fully saturated rings. The first kappa shape index (κ1) is 17.0. The SMILES string of the molecule is Fc1cc(F)c(F)c([C@H](CC(F)(F)F)N2CCNCC2)c1F. The lowest BCUT2D eigenvalue weighted by Gasteiger charge is -2.35. The predicted octanol–water partition coefficient (Wildman–Crippen LogP) is 3.14. The van der Waals surface area contributed by atoms with Crippen LogP contribution in [-0.2, 0) is 0 Å². The summed E-state index contributed by atoms with van der Waals surface area (Å²) in [6.07, 6.45) is -6.33. The molecule has 1 aromatic rings. The van der Waals surface area contributed by atoms with Gasteiger partial charge in [0.05, 0.1) is 6.42 Å². The molecule has 9 heteroatoms. The third-order valence-corrected chi connectivity index (χ3v) is 3.50. The van der Waals surface area contributed by atoms with Gasteiger partial charge in [-0.25, -0.2) is 17.6 Å². The second kappa shape index (κ2) is 6.41. The van der Waals surface area contributed by atoms with E-state index in [0.717, 1.165) is 0 Å². The van der Waals surface area contributed by atoms with Gasteiger partial charge in [0.25, 0.3) is 0 Å². The van der Waals surface area contributed by atoms with Gasteiger partial charge in [-0.15, -0.1) is 0 Å². The summed E-state index contributed by atoms with van der Waals surface area (Å²) in [5, 5.41) is 2.88. The molecule has 1 heterocycles. The van der Waals surface area contributed by atoms with Crippen molar-refractivity contribution in [1.29, 1.82) is 0 Å². The summed E-state index contributed by atoms with van der Waals surface area (Å²) in [5.41, 5.74) is -1.21. The summed E-state index contributed by atoms with van der Waals surface area (Å²) in [6, 6.07) is -1.83. The molecule has 1 aromatic carbocycles. The third-order valence-electron chi connectivity index (χ3n) is 3.50. The van der Waals surface area contributed by atoms with Crippen molar-refractivity contribution in [3.05, 3.63) is 34.9 Å². The third kappa shape index (κ3) is 3.70. The summed E-state index contributed by atoms with van der Waals surface area (Å²) in [6.45, 7) is 0.792. The van der Waals surface area contributed by atoms with E-state index in [0.29, 0.717) is 13.1 Å². The van der Waals surface area contributed by atoms with Crippen LogP contribution >= 0.6 is 0 Å². The van der Waals surface area contributed by atoms with Crippen molar-refractivity contribution in [1.82, 2.24) is 10.2 Å². The van der Waals surface area contributed by atoms with E-state index >= 15 is 0 Å². The minimum absolute atomic E-state index is 0.0173. The van der Waals surface area contributed by atoms with E-state index in [9.17, 15) is 30.7 Å². The molecule has 0 aromatic heterocycles. The molecule has 0 radical (unpaired) electrons. The van der Waals surface area contributed by atoms with Gasteiger partial charge < -0.3 is 5.32 Å². The van der Waals surface area contributed by atoms with Gasteiger partial charge in [0.15, 0.2) is 23.3 Å². The molecule has 22 heavy (non-hydrogen) atoms. The fourth-order valence-electron chi connectivity index (χ4n) is 2.51. The Bertz CT molecular complexity index is 512. The van der Waals surface area contributed by atoms with Crippen molar-refractivity contribution in [3.8, 4) is 0 Å². The number of hydrogen-bond acceptors (Lipinski definition) is 2. The Morgan fingerprint density at radius 3 is 1.95 bits per heavy atom. The van der Waals surface area contributed by atoms with Gasteiger partial charge in [-0.1, -0.05) is 0 Å². The minimum atomic E-state index is -4.74. The second-order valence-electron chi connectivity index (χ2n) is 5.00. The molecular formula is C13H13F7N2. The Balaban J connectivity index is 2.48. The smallest absolute Gasteiger partial charge is 0.314 e. The monoisotopic (exact) mass is 330 g/mol. The highest BCUT2D eigenvalue weighted by atomic mass is 19.4. The van der Waals surface area contributed by atoms with Crippen molar-refractivity contribution in [2.75, 3.05) is 26.2 Å². The van der Waals surface area contributed by atoms with Crippen LogP contribution in [0, 0.1) is 23.3 Å². The molecule has 1 saturated heterocycles. The molecule has 1 atom stereocenters. The Kier molecular flexibility index (Phi) is 4.96. The lowest BCUT2D eigenvalue weighted by atomic mass is 9.99. The van der Waals surface area contributed by atoms with Crippen LogP contribution in [-0.4, -0.2) is 37.3 Å². The largest absolute Gasteiger partial charge is 0.390 e. The number of nitrogens with zero attached hydrogens (tertiary/aromatic N) is 1. The number of piperazine rings is 1. The van der Waals surface area contributed by atoms with Crippen LogP contribution in [0.15, 0.2) is 6.07 Å². The first-order valence-electron chi connectivity index (χ1n) is 6.55. The van der Waals surface area contributed by atoms with Crippen molar-refractivity contribution >= 4 is 0 Å². The lowest BCUT2D eigenvalue weighted by Crippen LogP contribution is -2.46. The number of rotatable bonds is 3. The predicted molar refractivity (Wildman–Crippen MR) is 64.1 cm³/mol. The van der Waals surface area contributed by atoms with Gasteiger partial charge in [-0.05, 0) is 0 Å². The van der Waals surface area contributed by atoms with Crippen LogP contribution < -0.4 is 5.32 Å². The highest BCUT2D eigenvalue weighted by Gasteiger charge is 2.39. The van der Waals surface area contributed by atoms with Crippen molar-refractivity contribution < 1.29 is 30.7 Å². The van der Waals surface area contributed by atoms with Gasteiger partial charge in [-0.3, -0.25) is 4.90 Å². The number of benzene rings is 1. The molecule has 0 saturated carbocycles. The van der Waals surface area contributed by atoms with Crippen LogP contribution in [0.2, 0.25) is 0 Å². The number of alkyl halides is 3. The Hall–Kier alpha value is -1.35. The standard InChI is InChI=1S/C13H13F7N2/c14-7-5-8(15)12(17)10(11(7)16)9(6-13(18,19)20)22-3-1-21-2-4-22/h5,9,21H,1-4,6H2/t9-/m0/s1. The first-order valence-corrected chi connectivity index (χ1v) is 6.55. The molecule has 2 rings (SSSR count). The fourth-order valence-corrected chi connectivity index (χ4v) is 2.51. The maximum atomic E-state index is 13.8. The summed E-state index contributed by atoms with van der Waals surface area (Å²) >= 11 is 0.